The smallest absolute Gasteiger partial charge is 0.119 e. The Morgan fingerprint density at radius 1 is 0.833 bits per heavy atom. The van der Waals surface area contributed by atoms with E-state index in [0.29, 0.717) is 12.8 Å². The molecule has 0 aliphatic carbocycles. The summed E-state index contributed by atoms with van der Waals surface area (Å²) in [5.74, 6) is 0.505. The lowest BCUT2D eigenvalue weighted by molar-refractivity contribution is 0.451. The molecule has 18 heavy (non-hydrogen) atoms. The third kappa shape index (κ3) is 4.28. The van der Waals surface area contributed by atoms with Gasteiger partial charge in [-0.15, -0.1) is 0 Å². The largest absolute Gasteiger partial charge is 0.508 e. The summed E-state index contributed by atoms with van der Waals surface area (Å²) in [4.78, 5) is 0. The molecule has 1 rings (SSSR count). The molecule has 0 spiro atoms. The zero-order valence-electron chi connectivity index (χ0n) is 11.6. The van der Waals surface area contributed by atoms with Crippen molar-refractivity contribution in [3.05, 3.63) is 46.6 Å². The van der Waals surface area contributed by atoms with Crippen molar-refractivity contribution >= 4 is 0 Å². The van der Waals surface area contributed by atoms with Crippen LogP contribution in [0.3, 0.4) is 0 Å². The Morgan fingerprint density at radius 3 is 1.44 bits per heavy atom. The highest BCUT2D eigenvalue weighted by molar-refractivity contribution is 5.46. The van der Waals surface area contributed by atoms with Crippen molar-refractivity contribution in [2.45, 2.75) is 40.5 Å². The zero-order chi connectivity index (χ0) is 13.7. The van der Waals surface area contributed by atoms with Crippen LogP contribution in [0.1, 0.15) is 38.8 Å². The van der Waals surface area contributed by atoms with Gasteiger partial charge < -0.3 is 10.2 Å². The minimum atomic E-state index is 0.252. The van der Waals surface area contributed by atoms with Gasteiger partial charge in [0.05, 0.1) is 0 Å². The molecule has 0 aromatic heterocycles. The monoisotopic (exact) mass is 246 g/mol. The maximum atomic E-state index is 9.93. The second-order valence-corrected chi connectivity index (χ2v) is 5.08. The second kappa shape index (κ2) is 6.29. The normalized spacial score (nSPS) is 10.0. The lowest BCUT2D eigenvalue weighted by atomic mass is 10.0. The lowest BCUT2D eigenvalue weighted by Gasteiger charge is -2.08. The van der Waals surface area contributed by atoms with E-state index in [0.717, 1.165) is 11.1 Å². The first kappa shape index (κ1) is 14.4. The Hall–Kier alpha value is -1.70. The van der Waals surface area contributed by atoms with E-state index in [9.17, 15) is 10.2 Å². The van der Waals surface area contributed by atoms with Crippen molar-refractivity contribution in [3.63, 3.8) is 0 Å². The van der Waals surface area contributed by atoms with Gasteiger partial charge in [-0.05, 0) is 52.7 Å². The van der Waals surface area contributed by atoms with Gasteiger partial charge in [-0.3, -0.25) is 0 Å². The van der Waals surface area contributed by atoms with Crippen LogP contribution in [0.25, 0.3) is 0 Å². The maximum Gasteiger partial charge on any atom is 0.119 e. The Labute approximate surface area is 109 Å². The lowest BCUT2D eigenvalue weighted by Crippen LogP contribution is -1.89. The third-order valence-electron chi connectivity index (χ3n) is 2.74. The molecule has 2 heteroatoms. The van der Waals surface area contributed by atoms with Gasteiger partial charge in [-0.25, -0.2) is 0 Å². The van der Waals surface area contributed by atoms with Crippen LogP contribution < -0.4 is 0 Å². The molecule has 98 valence electrons. The van der Waals surface area contributed by atoms with Gasteiger partial charge in [-0.1, -0.05) is 23.3 Å². The number of phenols is 2. The summed E-state index contributed by atoms with van der Waals surface area (Å²) < 4.78 is 0. The second-order valence-electron chi connectivity index (χ2n) is 5.08. The first-order valence-electron chi connectivity index (χ1n) is 6.20. The highest BCUT2D eigenvalue weighted by Crippen LogP contribution is 2.28. The average Bonchev–Trinajstić information content (AvgIpc) is 2.27. The van der Waals surface area contributed by atoms with E-state index < -0.39 is 0 Å². The Bertz CT molecular complexity index is 428. The van der Waals surface area contributed by atoms with E-state index in [1.54, 1.807) is 12.1 Å². The van der Waals surface area contributed by atoms with Gasteiger partial charge >= 0.3 is 0 Å². The number of hydrogen-bond donors (Lipinski definition) is 2. The molecule has 0 unspecified atom stereocenters. The molecule has 0 aliphatic rings. The fraction of sp³-hybridized carbons (Fsp3) is 0.375. The summed E-state index contributed by atoms with van der Waals surface area (Å²) in [7, 11) is 0. The SMILES string of the molecule is CC(C)=CCc1cc(O)c(CC=C(C)C)cc1O. The summed E-state index contributed by atoms with van der Waals surface area (Å²) in [5, 5.41) is 19.9. The van der Waals surface area contributed by atoms with Gasteiger partial charge in [-0.2, -0.15) is 0 Å². The number of aromatic hydroxyl groups is 2. The highest BCUT2D eigenvalue weighted by atomic mass is 16.3. The molecule has 1 aromatic carbocycles. The molecule has 0 aliphatic heterocycles. The highest BCUT2D eigenvalue weighted by Gasteiger charge is 2.07. The van der Waals surface area contributed by atoms with E-state index in [1.807, 2.05) is 39.8 Å². The van der Waals surface area contributed by atoms with Crippen LogP contribution in [0.15, 0.2) is 35.4 Å². The predicted octanol–water partition coefficient (Wildman–Crippen LogP) is 4.12. The van der Waals surface area contributed by atoms with Crippen LogP contribution in [-0.2, 0) is 12.8 Å². The van der Waals surface area contributed by atoms with Crippen LogP contribution in [-0.4, -0.2) is 10.2 Å². The van der Waals surface area contributed by atoms with E-state index >= 15 is 0 Å². The van der Waals surface area contributed by atoms with Crippen molar-refractivity contribution < 1.29 is 10.2 Å². The fourth-order valence-corrected chi connectivity index (χ4v) is 1.62. The molecule has 2 nitrogen and oxygen atoms in total. The van der Waals surface area contributed by atoms with Gasteiger partial charge in [0.15, 0.2) is 0 Å². The summed E-state index contributed by atoms with van der Waals surface area (Å²) in [6.07, 6.45) is 5.35. The topological polar surface area (TPSA) is 40.5 Å². The fourth-order valence-electron chi connectivity index (χ4n) is 1.62. The molecule has 0 radical (unpaired) electrons. The van der Waals surface area contributed by atoms with E-state index in [2.05, 4.69) is 0 Å². The Balaban J connectivity index is 2.97. The summed E-state index contributed by atoms with van der Waals surface area (Å²) in [6, 6.07) is 3.31. The molecule has 0 saturated heterocycles. The molecular weight excluding hydrogens is 224 g/mol. The molecular formula is C16H22O2. The maximum absolute atomic E-state index is 9.93. The summed E-state index contributed by atoms with van der Waals surface area (Å²) in [5.41, 5.74) is 3.91. The third-order valence-corrected chi connectivity index (χ3v) is 2.74. The molecule has 0 amide bonds. The average molecular weight is 246 g/mol. The Morgan fingerprint density at radius 2 is 1.17 bits per heavy atom. The minimum absolute atomic E-state index is 0.252. The Kier molecular flexibility index (Phi) is 5.02. The zero-order valence-corrected chi connectivity index (χ0v) is 11.6. The van der Waals surface area contributed by atoms with Crippen molar-refractivity contribution in [1.82, 2.24) is 0 Å². The van der Waals surface area contributed by atoms with Gasteiger partial charge in [0.1, 0.15) is 11.5 Å². The minimum Gasteiger partial charge on any atom is -0.508 e. The first-order valence-corrected chi connectivity index (χ1v) is 6.20. The molecule has 1 aromatic rings. The van der Waals surface area contributed by atoms with Crippen LogP contribution in [0, 0.1) is 0 Å². The molecule has 2 N–H and O–H groups in total. The van der Waals surface area contributed by atoms with Crippen LogP contribution >= 0.6 is 0 Å². The van der Waals surface area contributed by atoms with Crippen molar-refractivity contribution in [3.8, 4) is 11.5 Å². The van der Waals surface area contributed by atoms with Gasteiger partial charge in [0, 0.05) is 11.1 Å². The number of allylic oxidation sites excluding steroid dienone is 4. The van der Waals surface area contributed by atoms with Crippen LogP contribution in [0.4, 0.5) is 0 Å². The van der Waals surface area contributed by atoms with Crippen LogP contribution in [0.5, 0.6) is 11.5 Å². The van der Waals surface area contributed by atoms with E-state index in [-0.39, 0.29) is 11.5 Å². The number of benzene rings is 1. The molecule has 0 heterocycles. The summed E-state index contributed by atoms with van der Waals surface area (Å²) >= 11 is 0. The van der Waals surface area contributed by atoms with Crippen LogP contribution in [0.2, 0.25) is 0 Å². The molecule has 0 fully saturated rings. The number of rotatable bonds is 4. The number of phenolic OH excluding ortho intramolecular Hbond substituents is 2. The van der Waals surface area contributed by atoms with Crippen molar-refractivity contribution in [2.75, 3.05) is 0 Å². The molecule has 0 saturated carbocycles. The van der Waals surface area contributed by atoms with E-state index in [4.69, 9.17) is 0 Å². The van der Waals surface area contributed by atoms with Gasteiger partial charge in [0.2, 0.25) is 0 Å². The number of hydrogen-bond acceptors (Lipinski definition) is 2. The molecule has 0 atom stereocenters. The predicted molar refractivity (Wildman–Crippen MR) is 76.0 cm³/mol. The standard InChI is InChI=1S/C16H22O2/c1-11(2)5-7-13-9-16(18)14(10-15(13)17)8-6-12(3)4/h5-6,9-10,17-18H,7-8H2,1-4H3. The summed E-state index contributed by atoms with van der Waals surface area (Å²) in [6.45, 7) is 8.06. The van der Waals surface area contributed by atoms with Gasteiger partial charge in [0.25, 0.3) is 0 Å². The molecule has 0 bridgehead atoms. The van der Waals surface area contributed by atoms with Crippen molar-refractivity contribution in [1.29, 1.82) is 0 Å². The first-order chi connectivity index (χ1) is 8.40. The van der Waals surface area contributed by atoms with Crippen molar-refractivity contribution in [2.24, 2.45) is 0 Å². The van der Waals surface area contributed by atoms with E-state index in [1.165, 1.54) is 11.1 Å². The quantitative estimate of drug-likeness (QED) is 0.620.